The second-order valence-electron chi connectivity index (χ2n) is 4.62. The second-order valence-corrected chi connectivity index (χ2v) is 4.62. The summed E-state index contributed by atoms with van der Waals surface area (Å²) in [5, 5.41) is 13.5. The van der Waals surface area contributed by atoms with Crippen molar-refractivity contribution in [1.29, 1.82) is 0 Å². The van der Waals surface area contributed by atoms with Gasteiger partial charge in [-0.3, -0.25) is 14.9 Å². The molecule has 0 aliphatic rings. The molecule has 2 aromatic rings. The van der Waals surface area contributed by atoms with E-state index < -0.39 is 4.92 Å². The monoisotopic (exact) mass is 285 g/mol. The minimum Gasteiger partial charge on any atom is -0.326 e. The van der Waals surface area contributed by atoms with Crippen LogP contribution in [0.3, 0.4) is 0 Å². The highest BCUT2D eigenvalue weighted by Gasteiger charge is 2.13. The van der Waals surface area contributed by atoms with Crippen LogP contribution in [-0.2, 0) is 6.54 Å². The number of anilines is 1. The number of rotatable bonds is 4. The first-order valence-electron chi connectivity index (χ1n) is 6.36. The van der Waals surface area contributed by atoms with Gasteiger partial charge in [0.1, 0.15) is 0 Å². The smallest absolute Gasteiger partial charge is 0.272 e. The number of amides is 1. The van der Waals surface area contributed by atoms with Crippen LogP contribution in [0.2, 0.25) is 0 Å². The summed E-state index contributed by atoms with van der Waals surface area (Å²) in [6.45, 7) is 1.99. The summed E-state index contributed by atoms with van der Waals surface area (Å²) in [6.07, 6.45) is 0. The molecule has 0 bridgehead atoms. The fourth-order valence-electron chi connectivity index (χ4n) is 1.98. The van der Waals surface area contributed by atoms with Gasteiger partial charge < -0.3 is 11.1 Å². The Hall–Kier alpha value is -2.73. The van der Waals surface area contributed by atoms with Crippen LogP contribution in [0.25, 0.3) is 0 Å². The predicted octanol–water partition coefficient (Wildman–Crippen LogP) is 2.61. The lowest BCUT2D eigenvalue weighted by Gasteiger charge is -2.07. The van der Waals surface area contributed by atoms with E-state index in [2.05, 4.69) is 5.32 Å². The van der Waals surface area contributed by atoms with Crippen LogP contribution in [0.15, 0.2) is 42.5 Å². The van der Waals surface area contributed by atoms with E-state index >= 15 is 0 Å². The van der Waals surface area contributed by atoms with Gasteiger partial charge in [0, 0.05) is 29.4 Å². The SMILES string of the molecule is Cc1cc(C(=O)Nc2cccc(CN)c2)ccc1[N+](=O)[O-]. The first kappa shape index (κ1) is 14.7. The normalized spacial score (nSPS) is 10.2. The molecule has 0 aliphatic carbocycles. The van der Waals surface area contributed by atoms with Crippen LogP contribution in [0, 0.1) is 17.0 Å². The number of nitrogens with two attached hydrogens (primary N) is 1. The van der Waals surface area contributed by atoms with Crippen molar-refractivity contribution in [3.63, 3.8) is 0 Å². The topological polar surface area (TPSA) is 98.3 Å². The molecule has 6 heteroatoms. The number of nitrogens with one attached hydrogen (secondary N) is 1. The summed E-state index contributed by atoms with van der Waals surface area (Å²) in [5.41, 5.74) is 7.91. The summed E-state index contributed by atoms with van der Waals surface area (Å²) in [4.78, 5) is 22.4. The van der Waals surface area contributed by atoms with Crippen molar-refractivity contribution >= 4 is 17.3 Å². The fraction of sp³-hybridized carbons (Fsp3) is 0.133. The lowest BCUT2D eigenvalue weighted by atomic mass is 10.1. The first-order chi connectivity index (χ1) is 10.0. The predicted molar refractivity (Wildman–Crippen MR) is 80.1 cm³/mol. The zero-order valence-corrected chi connectivity index (χ0v) is 11.5. The third-order valence-corrected chi connectivity index (χ3v) is 3.08. The number of carbonyl (C=O) groups excluding carboxylic acids is 1. The molecule has 0 aromatic heterocycles. The molecule has 3 N–H and O–H groups in total. The minimum atomic E-state index is -0.470. The number of carbonyl (C=O) groups is 1. The van der Waals surface area contributed by atoms with Crippen molar-refractivity contribution in [2.24, 2.45) is 5.73 Å². The Morgan fingerprint density at radius 2 is 2.05 bits per heavy atom. The van der Waals surface area contributed by atoms with Gasteiger partial charge in [-0.05, 0) is 36.8 Å². The average molecular weight is 285 g/mol. The van der Waals surface area contributed by atoms with E-state index in [4.69, 9.17) is 5.73 Å². The van der Waals surface area contributed by atoms with E-state index in [1.807, 2.05) is 6.07 Å². The lowest BCUT2D eigenvalue weighted by Crippen LogP contribution is -2.12. The standard InChI is InChI=1S/C15H15N3O3/c1-10-7-12(5-6-14(10)18(20)21)15(19)17-13-4-2-3-11(8-13)9-16/h2-8H,9,16H2,1H3,(H,17,19). The molecule has 0 heterocycles. The molecular weight excluding hydrogens is 270 g/mol. The van der Waals surface area contributed by atoms with Crippen molar-refractivity contribution in [3.05, 3.63) is 69.3 Å². The van der Waals surface area contributed by atoms with E-state index in [0.717, 1.165) is 5.56 Å². The molecule has 0 unspecified atom stereocenters. The molecule has 0 atom stereocenters. The zero-order chi connectivity index (χ0) is 15.4. The fourth-order valence-corrected chi connectivity index (χ4v) is 1.98. The summed E-state index contributed by atoms with van der Waals surface area (Å²) in [7, 11) is 0. The molecule has 108 valence electrons. The van der Waals surface area contributed by atoms with Crippen LogP contribution < -0.4 is 11.1 Å². The summed E-state index contributed by atoms with van der Waals surface area (Å²) in [6, 6.07) is 11.5. The van der Waals surface area contributed by atoms with Crippen LogP contribution in [0.4, 0.5) is 11.4 Å². The molecule has 2 rings (SSSR count). The molecule has 0 fully saturated rings. The van der Waals surface area contributed by atoms with Crippen LogP contribution >= 0.6 is 0 Å². The van der Waals surface area contributed by atoms with Crippen molar-refractivity contribution in [1.82, 2.24) is 0 Å². The van der Waals surface area contributed by atoms with Gasteiger partial charge in [0.05, 0.1) is 4.92 Å². The Morgan fingerprint density at radius 3 is 2.67 bits per heavy atom. The van der Waals surface area contributed by atoms with Crippen LogP contribution in [-0.4, -0.2) is 10.8 Å². The summed E-state index contributed by atoms with van der Waals surface area (Å²) < 4.78 is 0. The molecule has 0 radical (unpaired) electrons. The number of nitrogens with zero attached hydrogens (tertiary/aromatic N) is 1. The molecule has 0 aliphatic heterocycles. The minimum absolute atomic E-state index is 0.00307. The Bertz CT molecular complexity index is 698. The van der Waals surface area contributed by atoms with E-state index in [9.17, 15) is 14.9 Å². The van der Waals surface area contributed by atoms with Crippen molar-refractivity contribution in [3.8, 4) is 0 Å². The molecule has 6 nitrogen and oxygen atoms in total. The van der Waals surface area contributed by atoms with E-state index in [-0.39, 0.29) is 11.6 Å². The second kappa shape index (κ2) is 6.15. The maximum atomic E-state index is 12.1. The molecule has 0 saturated carbocycles. The van der Waals surface area contributed by atoms with Crippen LogP contribution in [0.1, 0.15) is 21.5 Å². The molecule has 2 aromatic carbocycles. The third kappa shape index (κ3) is 3.43. The number of hydrogen-bond acceptors (Lipinski definition) is 4. The van der Waals surface area contributed by atoms with Gasteiger partial charge in [0.15, 0.2) is 0 Å². The van der Waals surface area contributed by atoms with Crippen LogP contribution in [0.5, 0.6) is 0 Å². The number of hydrogen-bond donors (Lipinski definition) is 2. The maximum absolute atomic E-state index is 12.1. The Morgan fingerprint density at radius 1 is 1.29 bits per heavy atom. The molecule has 21 heavy (non-hydrogen) atoms. The number of aryl methyl sites for hydroxylation is 1. The Balaban J connectivity index is 2.20. The van der Waals surface area contributed by atoms with Crippen molar-refractivity contribution in [2.45, 2.75) is 13.5 Å². The van der Waals surface area contributed by atoms with E-state index in [0.29, 0.717) is 23.4 Å². The number of nitro benzene ring substituents is 1. The van der Waals surface area contributed by atoms with Gasteiger partial charge in [-0.2, -0.15) is 0 Å². The molecule has 0 saturated heterocycles. The van der Waals surface area contributed by atoms with E-state index in [1.165, 1.54) is 18.2 Å². The van der Waals surface area contributed by atoms with Gasteiger partial charge in [-0.1, -0.05) is 12.1 Å². The summed E-state index contributed by atoms with van der Waals surface area (Å²) in [5.74, 6) is -0.317. The van der Waals surface area contributed by atoms with Crippen molar-refractivity contribution < 1.29 is 9.72 Å². The molecule has 1 amide bonds. The number of nitro groups is 1. The van der Waals surface area contributed by atoms with Crippen molar-refractivity contribution in [2.75, 3.05) is 5.32 Å². The largest absolute Gasteiger partial charge is 0.326 e. The quantitative estimate of drug-likeness (QED) is 0.666. The van der Waals surface area contributed by atoms with Gasteiger partial charge >= 0.3 is 0 Å². The molecular formula is C15H15N3O3. The highest BCUT2D eigenvalue weighted by Crippen LogP contribution is 2.20. The highest BCUT2D eigenvalue weighted by atomic mass is 16.6. The number of benzene rings is 2. The van der Waals surface area contributed by atoms with Gasteiger partial charge in [-0.15, -0.1) is 0 Å². The highest BCUT2D eigenvalue weighted by molar-refractivity contribution is 6.04. The Kier molecular flexibility index (Phi) is 4.30. The van der Waals surface area contributed by atoms with E-state index in [1.54, 1.807) is 25.1 Å². The Labute approximate surface area is 121 Å². The lowest BCUT2D eigenvalue weighted by molar-refractivity contribution is -0.385. The van der Waals surface area contributed by atoms with Gasteiger partial charge in [0.25, 0.3) is 11.6 Å². The third-order valence-electron chi connectivity index (χ3n) is 3.08. The average Bonchev–Trinajstić information content (AvgIpc) is 2.46. The summed E-state index contributed by atoms with van der Waals surface area (Å²) >= 11 is 0. The first-order valence-corrected chi connectivity index (χ1v) is 6.36. The zero-order valence-electron chi connectivity index (χ0n) is 11.5. The van der Waals surface area contributed by atoms with Gasteiger partial charge in [0.2, 0.25) is 0 Å². The maximum Gasteiger partial charge on any atom is 0.272 e. The van der Waals surface area contributed by atoms with Gasteiger partial charge in [-0.25, -0.2) is 0 Å². The molecule has 0 spiro atoms.